The lowest BCUT2D eigenvalue weighted by molar-refractivity contribution is 0.0945. The molecule has 0 aliphatic rings. The molecule has 0 atom stereocenters. The Hall–Kier alpha value is -1.47. The Morgan fingerprint density at radius 3 is 2.83 bits per heavy atom. The van der Waals surface area contributed by atoms with Crippen LogP contribution in [0.25, 0.3) is 0 Å². The zero-order valence-corrected chi connectivity index (χ0v) is 12.0. The molecule has 0 saturated carbocycles. The molecule has 18 heavy (non-hydrogen) atoms. The van der Waals surface area contributed by atoms with Crippen LogP contribution in [0.4, 0.5) is 5.82 Å². The first-order valence-corrected chi connectivity index (χ1v) is 6.89. The van der Waals surface area contributed by atoms with E-state index in [0.29, 0.717) is 18.1 Å². The average molecular weight is 327 g/mol. The van der Waals surface area contributed by atoms with Gasteiger partial charge in [0.05, 0.1) is 6.54 Å². The predicted octanol–water partition coefficient (Wildman–Crippen LogP) is 2.27. The highest BCUT2D eigenvalue weighted by Crippen LogP contribution is 2.19. The van der Waals surface area contributed by atoms with E-state index >= 15 is 0 Å². The third kappa shape index (κ3) is 3.27. The van der Waals surface area contributed by atoms with Crippen molar-refractivity contribution in [3.8, 4) is 0 Å². The molecule has 1 amide bonds. The number of hydrogen-bond acceptors (Lipinski definition) is 5. The fraction of sp³-hybridized carbons (Fsp3) is 0.182. The number of carbonyl (C=O) groups excluding carboxylic acids is 1. The Morgan fingerprint density at radius 2 is 2.28 bits per heavy atom. The van der Waals surface area contributed by atoms with E-state index in [1.807, 2.05) is 11.4 Å². The van der Waals surface area contributed by atoms with E-state index in [9.17, 15) is 4.79 Å². The first kappa shape index (κ1) is 13.0. The van der Waals surface area contributed by atoms with Crippen molar-refractivity contribution in [2.75, 3.05) is 12.4 Å². The number of carbonyl (C=O) groups is 1. The van der Waals surface area contributed by atoms with Crippen molar-refractivity contribution in [2.24, 2.45) is 0 Å². The van der Waals surface area contributed by atoms with Gasteiger partial charge in [0.1, 0.15) is 5.82 Å². The highest BCUT2D eigenvalue weighted by atomic mass is 79.9. The molecule has 94 valence electrons. The zero-order valence-electron chi connectivity index (χ0n) is 9.61. The molecule has 5 nitrogen and oxygen atoms in total. The van der Waals surface area contributed by atoms with Gasteiger partial charge in [-0.1, -0.05) is 0 Å². The Labute approximate surface area is 117 Å². The van der Waals surface area contributed by atoms with Crippen LogP contribution in [0.1, 0.15) is 15.4 Å². The van der Waals surface area contributed by atoms with E-state index in [1.54, 1.807) is 30.5 Å². The molecule has 2 aromatic rings. The summed E-state index contributed by atoms with van der Waals surface area (Å²) < 4.78 is 1.02. The van der Waals surface area contributed by atoms with Crippen molar-refractivity contribution in [1.29, 1.82) is 0 Å². The number of nitrogens with one attached hydrogen (secondary N) is 2. The summed E-state index contributed by atoms with van der Waals surface area (Å²) in [6.07, 6.45) is 0. The highest BCUT2D eigenvalue weighted by molar-refractivity contribution is 9.10. The van der Waals surface area contributed by atoms with Crippen LogP contribution in [0.5, 0.6) is 0 Å². The molecule has 0 fully saturated rings. The Morgan fingerprint density at radius 1 is 1.44 bits per heavy atom. The monoisotopic (exact) mass is 326 g/mol. The zero-order chi connectivity index (χ0) is 13.0. The van der Waals surface area contributed by atoms with Gasteiger partial charge in [-0.25, -0.2) is 0 Å². The number of hydrogen-bond donors (Lipinski definition) is 2. The van der Waals surface area contributed by atoms with Gasteiger partial charge < -0.3 is 10.6 Å². The fourth-order valence-corrected chi connectivity index (χ4v) is 2.68. The number of halogens is 1. The maximum Gasteiger partial charge on any atom is 0.272 e. The molecule has 0 aliphatic carbocycles. The van der Waals surface area contributed by atoms with E-state index in [4.69, 9.17) is 0 Å². The lowest BCUT2D eigenvalue weighted by Gasteiger charge is -2.03. The Balaban J connectivity index is 1.94. The summed E-state index contributed by atoms with van der Waals surface area (Å²) in [5, 5.41) is 15.3. The van der Waals surface area contributed by atoms with Crippen LogP contribution in [0, 0.1) is 0 Å². The maximum absolute atomic E-state index is 11.8. The largest absolute Gasteiger partial charge is 0.372 e. The summed E-state index contributed by atoms with van der Waals surface area (Å²) in [6.45, 7) is 0.491. The quantitative estimate of drug-likeness (QED) is 0.904. The summed E-state index contributed by atoms with van der Waals surface area (Å²) in [4.78, 5) is 12.9. The maximum atomic E-state index is 11.8. The van der Waals surface area contributed by atoms with Gasteiger partial charge in [-0.15, -0.1) is 21.5 Å². The summed E-state index contributed by atoms with van der Waals surface area (Å²) in [5.74, 6) is 0.406. The van der Waals surface area contributed by atoms with Crippen LogP contribution < -0.4 is 10.6 Å². The normalized spacial score (nSPS) is 10.1. The highest BCUT2D eigenvalue weighted by Gasteiger charge is 2.08. The van der Waals surface area contributed by atoms with Crippen molar-refractivity contribution < 1.29 is 4.79 Å². The smallest absolute Gasteiger partial charge is 0.272 e. The first-order valence-electron chi connectivity index (χ1n) is 5.21. The third-order valence-corrected chi connectivity index (χ3v) is 3.90. The molecule has 0 bridgehead atoms. The van der Waals surface area contributed by atoms with Crippen LogP contribution >= 0.6 is 27.3 Å². The number of rotatable bonds is 4. The number of anilines is 1. The number of thiophene rings is 1. The molecule has 7 heteroatoms. The molecule has 0 spiro atoms. The van der Waals surface area contributed by atoms with Gasteiger partial charge >= 0.3 is 0 Å². The SMILES string of the molecule is CNc1ccc(C(=O)NCc2cc(Br)cs2)nn1. The summed E-state index contributed by atoms with van der Waals surface area (Å²) in [7, 11) is 1.75. The van der Waals surface area contributed by atoms with Gasteiger partial charge in [-0.2, -0.15) is 0 Å². The van der Waals surface area contributed by atoms with E-state index < -0.39 is 0 Å². The second-order valence-electron chi connectivity index (χ2n) is 3.47. The number of nitrogens with zero attached hydrogens (tertiary/aromatic N) is 2. The summed E-state index contributed by atoms with van der Waals surface area (Å²) in [5.41, 5.74) is 0.310. The van der Waals surface area contributed by atoms with Gasteiger partial charge in [0.2, 0.25) is 0 Å². The molecule has 0 aliphatic heterocycles. The van der Waals surface area contributed by atoms with Crippen LogP contribution in [0.2, 0.25) is 0 Å². The molecule has 2 rings (SSSR count). The minimum atomic E-state index is -0.227. The molecular weight excluding hydrogens is 316 g/mol. The van der Waals surface area contributed by atoms with Crippen molar-refractivity contribution in [3.63, 3.8) is 0 Å². The van der Waals surface area contributed by atoms with Crippen LogP contribution in [0.3, 0.4) is 0 Å². The van der Waals surface area contributed by atoms with Gasteiger partial charge in [-0.3, -0.25) is 4.79 Å². The van der Waals surface area contributed by atoms with Gasteiger partial charge in [0, 0.05) is 21.8 Å². The number of amides is 1. The first-order chi connectivity index (χ1) is 8.69. The van der Waals surface area contributed by atoms with Crippen molar-refractivity contribution >= 4 is 39.0 Å². The topological polar surface area (TPSA) is 66.9 Å². The van der Waals surface area contributed by atoms with Crippen molar-refractivity contribution in [1.82, 2.24) is 15.5 Å². The molecule has 2 N–H and O–H groups in total. The Kier molecular flexibility index (Phi) is 4.27. The number of aromatic nitrogens is 2. The van der Waals surface area contributed by atoms with Crippen LogP contribution in [-0.4, -0.2) is 23.2 Å². The predicted molar refractivity (Wildman–Crippen MR) is 74.8 cm³/mol. The summed E-state index contributed by atoms with van der Waals surface area (Å²) >= 11 is 4.95. The molecular formula is C11H11BrN4OS. The summed E-state index contributed by atoms with van der Waals surface area (Å²) in [6, 6.07) is 5.32. The van der Waals surface area contributed by atoms with Gasteiger partial charge in [0.25, 0.3) is 5.91 Å². The van der Waals surface area contributed by atoms with E-state index in [0.717, 1.165) is 9.35 Å². The molecule has 0 unspecified atom stereocenters. The fourth-order valence-electron chi connectivity index (χ4n) is 1.29. The van der Waals surface area contributed by atoms with Crippen molar-refractivity contribution in [3.05, 3.63) is 38.6 Å². The molecule has 0 saturated heterocycles. The van der Waals surface area contributed by atoms with Crippen LogP contribution in [0.15, 0.2) is 28.1 Å². The van der Waals surface area contributed by atoms with E-state index in [2.05, 4.69) is 36.8 Å². The molecule has 0 aromatic carbocycles. The molecule has 2 heterocycles. The molecule has 2 aromatic heterocycles. The molecule has 0 radical (unpaired) electrons. The minimum Gasteiger partial charge on any atom is -0.372 e. The van der Waals surface area contributed by atoms with Crippen molar-refractivity contribution in [2.45, 2.75) is 6.54 Å². The lowest BCUT2D eigenvalue weighted by atomic mass is 10.3. The Bertz CT molecular complexity index is 540. The third-order valence-electron chi connectivity index (χ3n) is 2.20. The standard InChI is InChI=1S/C11H11BrN4OS/c1-13-10-3-2-9(15-16-10)11(17)14-5-8-4-7(12)6-18-8/h2-4,6H,5H2,1H3,(H,13,16)(H,14,17). The second kappa shape index (κ2) is 5.92. The van der Waals surface area contributed by atoms with Gasteiger partial charge in [-0.05, 0) is 34.1 Å². The van der Waals surface area contributed by atoms with Crippen LogP contribution in [-0.2, 0) is 6.54 Å². The average Bonchev–Trinajstić information content (AvgIpc) is 2.82. The van der Waals surface area contributed by atoms with Gasteiger partial charge in [0.15, 0.2) is 5.69 Å². The van der Waals surface area contributed by atoms with E-state index in [1.165, 1.54) is 0 Å². The lowest BCUT2D eigenvalue weighted by Crippen LogP contribution is -2.23. The van der Waals surface area contributed by atoms with E-state index in [-0.39, 0.29) is 5.91 Å². The second-order valence-corrected chi connectivity index (χ2v) is 5.38. The minimum absolute atomic E-state index is 0.227.